The van der Waals surface area contributed by atoms with Crippen LogP contribution in [-0.2, 0) is 14.4 Å². The molecule has 0 saturated carbocycles. The van der Waals surface area contributed by atoms with E-state index >= 15 is 0 Å². The number of primary amides is 1. The summed E-state index contributed by atoms with van der Waals surface area (Å²) in [6, 6.07) is 0. The van der Waals surface area contributed by atoms with Crippen LogP contribution in [0.5, 0.6) is 0 Å². The van der Waals surface area contributed by atoms with Crippen LogP contribution in [0.4, 0.5) is 0 Å². The Morgan fingerprint density at radius 1 is 1.25 bits per heavy atom. The highest BCUT2D eigenvalue weighted by Gasteiger charge is 2.04. The summed E-state index contributed by atoms with van der Waals surface area (Å²) >= 11 is 0. The molecule has 7 nitrogen and oxygen atoms in total. The summed E-state index contributed by atoms with van der Waals surface area (Å²) in [4.78, 5) is 28.0. The molecule has 12 heavy (non-hydrogen) atoms. The highest BCUT2D eigenvalue weighted by atomic mass is 16.4. The second-order valence-electron chi connectivity index (χ2n) is 1.61. The van der Waals surface area contributed by atoms with Crippen LogP contribution in [0.2, 0.25) is 0 Å². The average Bonchev–Trinajstić information content (AvgIpc) is 1.87. The van der Waals surface area contributed by atoms with Gasteiger partial charge in [0.15, 0.2) is 0 Å². The average molecular weight is 178 g/mol. The largest absolute Gasteiger partial charge is 0.473 e. The van der Waals surface area contributed by atoms with Gasteiger partial charge in [-0.1, -0.05) is 0 Å². The van der Waals surface area contributed by atoms with E-state index in [1.54, 1.807) is 7.05 Å². The van der Waals surface area contributed by atoms with Gasteiger partial charge in [0.2, 0.25) is 5.91 Å². The lowest BCUT2D eigenvalue weighted by Crippen LogP contribution is -2.25. The summed E-state index contributed by atoms with van der Waals surface area (Å²) < 4.78 is 0. The molecule has 0 atom stereocenters. The summed E-state index contributed by atoms with van der Waals surface area (Å²) in [5, 5.41) is 17.4. The summed E-state index contributed by atoms with van der Waals surface area (Å²) in [6.07, 6.45) is 0. The van der Waals surface area contributed by atoms with E-state index in [9.17, 15) is 4.79 Å². The molecule has 0 unspecified atom stereocenters. The standard InChI is InChI=1S/C3H8N2O.C2H2O4/c1-5-2-3(4)6;3-1(4)2(5)6/h5H,2H2,1H3,(H2,4,6);(H,3,4)(H,5,6). The number of carbonyl (C=O) groups excluding carboxylic acids is 1. The molecule has 0 aromatic carbocycles. The zero-order valence-corrected chi connectivity index (χ0v) is 6.40. The van der Waals surface area contributed by atoms with Crippen molar-refractivity contribution >= 4 is 17.8 Å². The van der Waals surface area contributed by atoms with Crippen molar-refractivity contribution in [3.8, 4) is 0 Å². The Hall–Kier alpha value is -1.63. The van der Waals surface area contributed by atoms with Crippen molar-refractivity contribution in [1.29, 1.82) is 0 Å². The summed E-state index contributed by atoms with van der Waals surface area (Å²) in [7, 11) is 1.67. The zero-order valence-electron chi connectivity index (χ0n) is 6.40. The van der Waals surface area contributed by atoms with Gasteiger partial charge in [0.1, 0.15) is 0 Å². The Morgan fingerprint density at radius 2 is 1.58 bits per heavy atom. The molecule has 0 rings (SSSR count). The quantitative estimate of drug-likeness (QED) is 0.356. The molecule has 1 amide bonds. The zero-order chi connectivity index (χ0) is 10.1. The number of nitrogens with two attached hydrogens (primary N) is 1. The van der Waals surface area contributed by atoms with Gasteiger partial charge in [0.05, 0.1) is 6.54 Å². The molecule has 0 aliphatic carbocycles. The van der Waals surface area contributed by atoms with Crippen molar-refractivity contribution in [3.05, 3.63) is 0 Å². The maximum Gasteiger partial charge on any atom is 0.414 e. The van der Waals surface area contributed by atoms with Crippen LogP contribution >= 0.6 is 0 Å². The molecule has 0 spiro atoms. The second kappa shape index (κ2) is 7.48. The number of hydrogen-bond donors (Lipinski definition) is 4. The van der Waals surface area contributed by atoms with E-state index < -0.39 is 11.9 Å². The first kappa shape index (κ1) is 13.0. The number of amides is 1. The van der Waals surface area contributed by atoms with Crippen LogP contribution in [0.15, 0.2) is 0 Å². The first-order valence-corrected chi connectivity index (χ1v) is 2.81. The minimum atomic E-state index is -1.82. The Kier molecular flexibility index (Phi) is 8.10. The molecular weight excluding hydrogens is 168 g/mol. The van der Waals surface area contributed by atoms with E-state index in [-0.39, 0.29) is 12.5 Å². The molecule has 70 valence electrons. The van der Waals surface area contributed by atoms with E-state index in [0.717, 1.165) is 0 Å². The van der Waals surface area contributed by atoms with E-state index in [4.69, 9.17) is 25.5 Å². The Labute approximate surface area is 68.2 Å². The van der Waals surface area contributed by atoms with Crippen LogP contribution in [0.1, 0.15) is 0 Å². The number of carboxylic acids is 2. The van der Waals surface area contributed by atoms with Crippen LogP contribution < -0.4 is 11.1 Å². The lowest BCUT2D eigenvalue weighted by atomic mass is 10.6. The first-order valence-electron chi connectivity index (χ1n) is 2.81. The highest BCUT2D eigenvalue weighted by Crippen LogP contribution is 1.56. The van der Waals surface area contributed by atoms with Gasteiger partial charge in [-0.15, -0.1) is 0 Å². The van der Waals surface area contributed by atoms with Crippen LogP contribution in [0, 0.1) is 0 Å². The van der Waals surface area contributed by atoms with Gasteiger partial charge in [-0.3, -0.25) is 4.79 Å². The van der Waals surface area contributed by atoms with Gasteiger partial charge < -0.3 is 21.3 Å². The fourth-order valence-corrected chi connectivity index (χ4v) is 0.174. The number of rotatable bonds is 2. The van der Waals surface area contributed by atoms with Crippen molar-refractivity contribution < 1.29 is 24.6 Å². The van der Waals surface area contributed by atoms with Gasteiger partial charge >= 0.3 is 11.9 Å². The Bertz CT molecular complexity index is 167. The van der Waals surface area contributed by atoms with Crippen LogP contribution in [0.3, 0.4) is 0 Å². The number of nitrogens with one attached hydrogen (secondary N) is 1. The molecule has 0 heterocycles. The van der Waals surface area contributed by atoms with Crippen LogP contribution in [-0.4, -0.2) is 41.7 Å². The molecule has 0 saturated heterocycles. The van der Waals surface area contributed by atoms with E-state index in [0.29, 0.717) is 0 Å². The summed E-state index contributed by atoms with van der Waals surface area (Å²) in [5.74, 6) is -3.97. The minimum Gasteiger partial charge on any atom is -0.473 e. The highest BCUT2D eigenvalue weighted by molar-refractivity contribution is 6.27. The van der Waals surface area contributed by atoms with E-state index in [1.165, 1.54) is 0 Å². The normalized spacial score (nSPS) is 7.75. The fraction of sp³-hybridized carbons (Fsp3) is 0.400. The molecular formula is C5H10N2O5. The maximum absolute atomic E-state index is 9.76. The summed E-state index contributed by atoms with van der Waals surface area (Å²) in [5.41, 5.74) is 4.70. The lowest BCUT2D eigenvalue weighted by Gasteiger charge is -1.85. The van der Waals surface area contributed by atoms with Crippen molar-refractivity contribution in [1.82, 2.24) is 5.32 Å². The molecule has 0 bridgehead atoms. The lowest BCUT2D eigenvalue weighted by molar-refractivity contribution is -0.159. The molecule has 0 aliphatic heterocycles. The molecule has 7 heteroatoms. The monoisotopic (exact) mass is 178 g/mol. The van der Waals surface area contributed by atoms with Gasteiger partial charge in [0.25, 0.3) is 0 Å². The Balaban J connectivity index is 0. The van der Waals surface area contributed by atoms with Crippen LogP contribution in [0.25, 0.3) is 0 Å². The molecule has 0 radical (unpaired) electrons. The third kappa shape index (κ3) is 15.8. The smallest absolute Gasteiger partial charge is 0.414 e. The maximum atomic E-state index is 9.76. The van der Waals surface area contributed by atoms with Gasteiger partial charge in [-0.25, -0.2) is 9.59 Å². The number of hydrogen-bond acceptors (Lipinski definition) is 4. The number of aliphatic carboxylic acids is 2. The molecule has 5 N–H and O–H groups in total. The van der Waals surface area contributed by atoms with E-state index in [2.05, 4.69) is 5.32 Å². The van der Waals surface area contributed by atoms with Crippen molar-refractivity contribution in [2.75, 3.05) is 13.6 Å². The molecule has 0 aromatic heterocycles. The van der Waals surface area contributed by atoms with Crippen molar-refractivity contribution in [3.63, 3.8) is 0 Å². The van der Waals surface area contributed by atoms with Gasteiger partial charge in [-0.2, -0.15) is 0 Å². The molecule has 0 aliphatic rings. The minimum absolute atomic E-state index is 0.264. The molecule has 0 fully saturated rings. The van der Waals surface area contributed by atoms with Gasteiger partial charge in [-0.05, 0) is 7.05 Å². The third-order valence-corrected chi connectivity index (χ3v) is 0.534. The predicted molar refractivity (Wildman–Crippen MR) is 38.4 cm³/mol. The van der Waals surface area contributed by atoms with Crippen molar-refractivity contribution in [2.24, 2.45) is 5.73 Å². The fourth-order valence-electron chi connectivity index (χ4n) is 0.174. The summed E-state index contributed by atoms with van der Waals surface area (Å²) in [6.45, 7) is 0.264. The van der Waals surface area contributed by atoms with Gasteiger partial charge in [0, 0.05) is 0 Å². The van der Waals surface area contributed by atoms with E-state index in [1.807, 2.05) is 0 Å². The second-order valence-corrected chi connectivity index (χ2v) is 1.61. The predicted octanol–water partition coefficient (Wildman–Crippen LogP) is -2.15. The van der Waals surface area contributed by atoms with Crippen molar-refractivity contribution in [2.45, 2.75) is 0 Å². The topological polar surface area (TPSA) is 130 Å². The Morgan fingerprint density at radius 3 is 1.58 bits per heavy atom. The number of carboxylic acid groups (broad SMARTS) is 2. The SMILES string of the molecule is CNCC(N)=O.O=C(O)C(=O)O. The number of carbonyl (C=O) groups is 3. The first-order chi connectivity index (χ1) is 5.41. The third-order valence-electron chi connectivity index (χ3n) is 0.534. The molecule has 0 aromatic rings. The number of likely N-dealkylation sites (N-methyl/N-ethyl adjacent to an activating group) is 1.